The fraction of sp³-hybridized carbons (Fsp3) is 0.533. The summed E-state index contributed by atoms with van der Waals surface area (Å²) in [6.07, 6.45) is 2.19. The quantitative estimate of drug-likeness (QED) is 0.891. The highest BCUT2D eigenvalue weighted by molar-refractivity contribution is 5.88. The molecule has 0 unspecified atom stereocenters. The average Bonchev–Trinajstić information content (AvgIpc) is 2.90. The zero-order valence-electron chi connectivity index (χ0n) is 11.7. The van der Waals surface area contributed by atoms with Crippen molar-refractivity contribution in [2.75, 3.05) is 18.5 Å². The molecule has 2 fully saturated rings. The lowest BCUT2D eigenvalue weighted by atomic mass is 9.78. The fourth-order valence-electron chi connectivity index (χ4n) is 3.12. The molecule has 1 aromatic rings. The molecular formula is C15H19FN2O3. The van der Waals surface area contributed by atoms with E-state index in [-0.39, 0.29) is 5.82 Å². The minimum atomic E-state index is -0.881. The average molecular weight is 294 g/mol. The van der Waals surface area contributed by atoms with E-state index in [2.05, 4.69) is 5.32 Å². The van der Waals surface area contributed by atoms with Gasteiger partial charge < -0.3 is 20.5 Å². The highest BCUT2D eigenvalue weighted by Gasteiger charge is 2.49. The van der Waals surface area contributed by atoms with E-state index in [0.29, 0.717) is 44.6 Å². The Labute approximate surface area is 122 Å². The molecule has 6 heteroatoms. The van der Waals surface area contributed by atoms with Crippen molar-refractivity contribution in [2.45, 2.75) is 37.0 Å². The molecule has 1 aliphatic heterocycles. The van der Waals surface area contributed by atoms with Crippen LogP contribution in [0.25, 0.3) is 0 Å². The first-order valence-corrected chi connectivity index (χ1v) is 7.15. The van der Waals surface area contributed by atoms with Gasteiger partial charge in [-0.2, -0.15) is 0 Å². The van der Waals surface area contributed by atoms with Crippen LogP contribution in [-0.4, -0.2) is 30.4 Å². The van der Waals surface area contributed by atoms with Crippen LogP contribution in [0.1, 0.15) is 25.7 Å². The summed E-state index contributed by atoms with van der Waals surface area (Å²) in [5.74, 6) is -1.35. The van der Waals surface area contributed by atoms with Gasteiger partial charge in [-0.1, -0.05) is 6.07 Å². The number of ether oxygens (including phenoxy) is 2. The molecule has 3 N–H and O–H groups in total. The Morgan fingerprint density at radius 3 is 2.43 bits per heavy atom. The number of halogens is 1. The first kappa shape index (κ1) is 14.3. The van der Waals surface area contributed by atoms with E-state index < -0.39 is 17.2 Å². The van der Waals surface area contributed by atoms with Crippen molar-refractivity contribution in [3.63, 3.8) is 0 Å². The molecule has 1 saturated heterocycles. The molecule has 1 aromatic carbocycles. The number of carbonyl (C=O) groups excluding carboxylic acids is 1. The van der Waals surface area contributed by atoms with Gasteiger partial charge in [-0.3, -0.25) is 4.79 Å². The molecule has 0 atom stereocenters. The van der Waals surface area contributed by atoms with E-state index in [4.69, 9.17) is 15.2 Å². The lowest BCUT2D eigenvalue weighted by molar-refractivity contribution is -0.183. The fourth-order valence-corrected chi connectivity index (χ4v) is 3.12. The summed E-state index contributed by atoms with van der Waals surface area (Å²) in [6.45, 7) is 1.17. The second kappa shape index (κ2) is 5.27. The van der Waals surface area contributed by atoms with E-state index in [0.717, 1.165) is 0 Å². The second-order valence-corrected chi connectivity index (χ2v) is 5.69. The Morgan fingerprint density at radius 2 is 1.86 bits per heavy atom. The van der Waals surface area contributed by atoms with Crippen LogP contribution in [0.15, 0.2) is 24.3 Å². The number of primary amides is 1. The summed E-state index contributed by atoms with van der Waals surface area (Å²) in [7, 11) is 0. The van der Waals surface area contributed by atoms with Crippen LogP contribution in [0.5, 0.6) is 0 Å². The standard InChI is InChI=1S/C15H19FN2O3/c16-11-2-1-3-12(10-11)18-14(13(17)19)4-6-15(7-5-14)20-8-9-21-15/h1-3,10,18H,4-9H2,(H2,17,19). The van der Waals surface area contributed by atoms with Gasteiger partial charge >= 0.3 is 0 Å². The lowest BCUT2D eigenvalue weighted by Gasteiger charge is -2.42. The lowest BCUT2D eigenvalue weighted by Crippen LogP contribution is -2.55. The first-order valence-electron chi connectivity index (χ1n) is 7.15. The van der Waals surface area contributed by atoms with Crippen molar-refractivity contribution < 1.29 is 18.7 Å². The number of rotatable bonds is 3. The third-order valence-electron chi connectivity index (χ3n) is 4.36. The third-order valence-corrected chi connectivity index (χ3v) is 4.36. The van der Waals surface area contributed by atoms with Crippen LogP contribution in [0.4, 0.5) is 10.1 Å². The van der Waals surface area contributed by atoms with Gasteiger partial charge in [0.2, 0.25) is 5.91 Å². The predicted octanol–water partition coefficient (Wildman–Crippen LogP) is 1.78. The van der Waals surface area contributed by atoms with Gasteiger partial charge in [0.1, 0.15) is 11.4 Å². The van der Waals surface area contributed by atoms with Crippen molar-refractivity contribution in [1.82, 2.24) is 0 Å². The molecule has 5 nitrogen and oxygen atoms in total. The maximum absolute atomic E-state index is 13.3. The summed E-state index contributed by atoms with van der Waals surface area (Å²) in [5.41, 5.74) is 5.27. The van der Waals surface area contributed by atoms with Gasteiger partial charge in [-0.25, -0.2) is 4.39 Å². The molecule has 21 heavy (non-hydrogen) atoms. The number of carbonyl (C=O) groups is 1. The van der Waals surface area contributed by atoms with Crippen LogP contribution in [0.2, 0.25) is 0 Å². The molecule has 1 amide bonds. The number of hydrogen-bond donors (Lipinski definition) is 2. The molecule has 0 aromatic heterocycles. The smallest absolute Gasteiger partial charge is 0.243 e. The number of benzene rings is 1. The molecule has 114 valence electrons. The molecule has 0 bridgehead atoms. The number of nitrogens with one attached hydrogen (secondary N) is 1. The van der Waals surface area contributed by atoms with Gasteiger partial charge in [0.05, 0.1) is 13.2 Å². The molecule has 2 aliphatic rings. The van der Waals surface area contributed by atoms with Crippen LogP contribution in [0, 0.1) is 5.82 Å². The summed E-state index contributed by atoms with van der Waals surface area (Å²) >= 11 is 0. The molecule has 1 aliphatic carbocycles. The van der Waals surface area contributed by atoms with E-state index >= 15 is 0 Å². The third kappa shape index (κ3) is 2.73. The van der Waals surface area contributed by atoms with E-state index in [1.165, 1.54) is 12.1 Å². The Morgan fingerprint density at radius 1 is 1.19 bits per heavy atom. The summed E-state index contributed by atoms with van der Waals surface area (Å²) in [4.78, 5) is 12.0. The maximum atomic E-state index is 13.3. The van der Waals surface area contributed by atoms with Crippen LogP contribution >= 0.6 is 0 Å². The topological polar surface area (TPSA) is 73.6 Å². The van der Waals surface area contributed by atoms with Gasteiger partial charge in [0.15, 0.2) is 5.79 Å². The second-order valence-electron chi connectivity index (χ2n) is 5.69. The number of anilines is 1. The molecule has 1 spiro atoms. The highest BCUT2D eigenvalue weighted by Crippen LogP contribution is 2.41. The van der Waals surface area contributed by atoms with Crippen molar-refractivity contribution in [3.8, 4) is 0 Å². The minimum Gasteiger partial charge on any atom is -0.371 e. The Hall–Kier alpha value is -1.66. The van der Waals surface area contributed by atoms with Gasteiger partial charge in [0, 0.05) is 18.5 Å². The molecule has 1 saturated carbocycles. The van der Waals surface area contributed by atoms with Crippen molar-refractivity contribution in [1.29, 1.82) is 0 Å². The largest absolute Gasteiger partial charge is 0.371 e. The van der Waals surface area contributed by atoms with Gasteiger partial charge in [0.25, 0.3) is 0 Å². The van der Waals surface area contributed by atoms with Crippen molar-refractivity contribution in [3.05, 3.63) is 30.1 Å². The normalized spacial score (nSPS) is 23.1. The van der Waals surface area contributed by atoms with E-state index in [9.17, 15) is 9.18 Å². The zero-order chi connectivity index (χ0) is 14.9. The monoisotopic (exact) mass is 294 g/mol. The number of nitrogens with two attached hydrogens (primary N) is 1. The Bertz CT molecular complexity index is 533. The van der Waals surface area contributed by atoms with Gasteiger partial charge in [-0.05, 0) is 31.0 Å². The molecular weight excluding hydrogens is 275 g/mol. The van der Waals surface area contributed by atoms with Crippen LogP contribution in [0.3, 0.4) is 0 Å². The summed E-state index contributed by atoms with van der Waals surface area (Å²) < 4.78 is 24.6. The van der Waals surface area contributed by atoms with Gasteiger partial charge in [-0.15, -0.1) is 0 Å². The highest BCUT2D eigenvalue weighted by atomic mass is 19.1. The Balaban J connectivity index is 1.77. The number of amides is 1. The van der Waals surface area contributed by atoms with Crippen LogP contribution < -0.4 is 11.1 Å². The van der Waals surface area contributed by atoms with E-state index in [1.807, 2.05) is 0 Å². The molecule has 0 radical (unpaired) electrons. The van der Waals surface area contributed by atoms with E-state index in [1.54, 1.807) is 12.1 Å². The SMILES string of the molecule is NC(=O)C1(Nc2cccc(F)c2)CCC2(CC1)OCCO2. The van der Waals surface area contributed by atoms with Crippen LogP contribution in [-0.2, 0) is 14.3 Å². The predicted molar refractivity (Wildman–Crippen MR) is 75.1 cm³/mol. The molecule has 3 rings (SSSR count). The molecule has 1 heterocycles. The first-order chi connectivity index (χ1) is 10.0. The number of hydrogen-bond acceptors (Lipinski definition) is 4. The van der Waals surface area contributed by atoms with Crippen molar-refractivity contribution in [2.24, 2.45) is 5.73 Å². The minimum absolute atomic E-state index is 0.352. The Kier molecular flexibility index (Phi) is 3.59. The summed E-state index contributed by atoms with van der Waals surface area (Å²) in [5, 5.41) is 3.12. The summed E-state index contributed by atoms with van der Waals surface area (Å²) in [6, 6.07) is 6.04. The van der Waals surface area contributed by atoms with Crippen molar-refractivity contribution >= 4 is 11.6 Å². The zero-order valence-corrected chi connectivity index (χ0v) is 11.7. The maximum Gasteiger partial charge on any atom is 0.243 e.